The monoisotopic (exact) mass is 338 g/mol. The number of hydrogen-bond donors (Lipinski definition) is 1. The molecule has 0 saturated carbocycles. The molecule has 2 rings (SSSR count). The van der Waals surface area contributed by atoms with Crippen molar-refractivity contribution in [2.45, 2.75) is 20.0 Å². The molecule has 1 N–H and O–H groups in total. The molecule has 0 aliphatic carbocycles. The number of aromatic amines is 1. The van der Waals surface area contributed by atoms with Gasteiger partial charge in [-0.25, -0.2) is 13.8 Å². The van der Waals surface area contributed by atoms with Crippen molar-refractivity contribution in [3.8, 4) is 5.75 Å². The molecular weight excluding hydrogens is 314 g/mol. The summed E-state index contributed by atoms with van der Waals surface area (Å²) in [5, 5.41) is 0. The predicted octanol–water partition coefficient (Wildman–Crippen LogP) is 2.57. The van der Waals surface area contributed by atoms with Gasteiger partial charge in [0, 0.05) is 49.6 Å². The lowest BCUT2D eigenvalue weighted by Crippen LogP contribution is -2.32. The molecule has 5 nitrogen and oxygen atoms in total. The van der Waals surface area contributed by atoms with Gasteiger partial charge < -0.3 is 14.6 Å². The van der Waals surface area contributed by atoms with E-state index in [2.05, 4.69) is 9.97 Å². The Morgan fingerprint density at radius 2 is 1.79 bits per heavy atom. The number of hydrogen-bond acceptors (Lipinski definition) is 4. The van der Waals surface area contributed by atoms with Crippen molar-refractivity contribution in [3.05, 3.63) is 47.0 Å². The van der Waals surface area contributed by atoms with Crippen LogP contribution in [0.5, 0.6) is 5.75 Å². The third-order valence-electron chi connectivity index (χ3n) is 3.90. The number of methoxy groups -OCH3 is 1. The number of nitrogens with zero attached hydrogens (tertiary/aromatic N) is 3. The van der Waals surface area contributed by atoms with E-state index in [1.54, 1.807) is 6.33 Å². The topological polar surface area (TPSA) is 44.4 Å². The minimum absolute atomic E-state index is 0.0442. The molecule has 0 atom stereocenters. The van der Waals surface area contributed by atoms with E-state index in [4.69, 9.17) is 4.74 Å². The highest BCUT2D eigenvalue weighted by Crippen LogP contribution is 2.22. The summed E-state index contributed by atoms with van der Waals surface area (Å²) >= 11 is 0. The second-order valence-electron chi connectivity index (χ2n) is 6.06. The lowest BCUT2D eigenvalue weighted by atomic mass is 10.1. The van der Waals surface area contributed by atoms with Gasteiger partial charge in [0.15, 0.2) is 0 Å². The molecule has 132 valence electrons. The van der Waals surface area contributed by atoms with Gasteiger partial charge in [0.05, 0.1) is 19.1 Å². The van der Waals surface area contributed by atoms with E-state index in [0.29, 0.717) is 13.1 Å². The third-order valence-corrected chi connectivity index (χ3v) is 3.90. The van der Waals surface area contributed by atoms with Crippen LogP contribution in [-0.4, -0.2) is 54.1 Å². The van der Waals surface area contributed by atoms with Gasteiger partial charge in [0.25, 0.3) is 0 Å². The van der Waals surface area contributed by atoms with Gasteiger partial charge in [0.2, 0.25) is 0 Å². The van der Waals surface area contributed by atoms with Crippen LogP contribution in [0.3, 0.4) is 0 Å². The number of halogens is 2. The van der Waals surface area contributed by atoms with Crippen molar-refractivity contribution in [1.82, 2.24) is 19.8 Å². The smallest absolute Gasteiger partial charge is 0.134 e. The fourth-order valence-corrected chi connectivity index (χ4v) is 2.39. The molecule has 1 aromatic carbocycles. The van der Waals surface area contributed by atoms with E-state index in [9.17, 15) is 8.78 Å². The molecule has 7 heteroatoms. The van der Waals surface area contributed by atoms with Crippen LogP contribution >= 0.6 is 0 Å². The van der Waals surface area contributed by atoms with E-state index in [0.717, 1.165) is 17.9 Å². The van der Waals surface area contributed by atoms with Gasteiger partial charge >= 0.3 is 0 Å². The molecular formula is C17H24F2N4O. The number of aryl methyl sites for hydroxylation is 1. The van der Waals surface area contributed by atoms with Crippen molar-refractivity contribution < 1.29 is 13.5 Å². The first-order valence-electron chi connectivity index (χ1n) is 7.78. The Kier molecular flexibility index (Phi) is 6.28. The van der Waals surface area contributed by atoms with Crippen LogP contribution < -0.4 is 4.74 Å². The molecule has 0 aliphatic heterocycles. The largest absolute Gasteiger partial charge is 0.497 e. The molecule has 0 unspecified atom stereocenters. The highest BCUT2D eigenvalue weighted by atomic mass is 19.1. The Bertz CT molecular complexity index is 649. The third kappa shape index (κ3) is 4.75. The van der Waals surface area contributed by atoms with Crippen LogP contribution in [0.2, 0.25) is 0 Å². The molecule has 1 heterocycles. The number of aromatic nitrogens is 2. The second kappa shape index (κ2) is 8.21. The van der Waals surface area contributed by atoms with Crippen LogP contribution in [-0.2, 0) is 13.1 Å². The summed E-state index contributed by atoms with van der Waals surface area (Å²) < 4.78 is 33.4. The van der Waals surface area contributed by atoms with E-state index in [-0.39, 0.29) is 17.9 Å². The summed E-state index contributed by atoms with van der Waals surface area (Å²) in [5.74, 6) is -1.02. The van der Waals surface area contributed by atoms with Gasteiger partial charge in [-0.15, -0.1) is 0 Å². The zero-order valence-corrected chi connectivity index (χ0v) is 14.6. The van der Waals surface area contributed by atoms with Crippen molar-refractivity contribution >= 4 is 0 Å². The number of ether oxygens (including phenoxy) is 1. The average Bonchev–Trinajstić information content (AvgIpc) is 2.92. The first-order chi connectivity index (χ1) is 11.4. The Hall–Kier alpha value is -1.99. The van der Waals surface area contributed by atoms with E-state index < -0.39 is 11.6 Å². The van der Waals surface area contributed by atoms with Crippen LogP contribution in [0.25, 0.3) is 0 Å². The molecule has 2 aromatic rings. The molecule has 24 heavy (non-hydrogen) atoms. The summed E-state index contributed by atoms with van der Waals surface area (Å²) in [4.78, 5) is 11.3. The number of imidazole rings is 1. The van der Waals surface area contributed by atoms with Gasteiger partial charge in [-0.05, 0) is 21.0 Å². The average molecular weight is 338 g/mol. The van der Waals surface area contributed by atoms with Gasteiger partial charge in [-0.3, -0.25) is 4.90 Å². The Balaban J connectivity index is 2.19. The Morgan fingerprint density at radius 1 is 1.12 bits per heavy atom. The quantitative estimate of drug-likeness (QED) is 0.803. The van der Waals surface area contributed by atoms with E-state index in [1.807, 2.05) is 30.8 Å². The maximum Gasteiger partial charge on any atom is 0.134 e. The zero-order chi connectivity index (χ0) is 17.7. The maximum atomic E-state index is 14.2. The highest BCUT2D eigenvalue weighted by Gasteiger charge is 2.17. The molecule has 0 saturated heterocycles. The van der Waals surface area contributed by atoms with E-state index in [1.165, 1.54) is 19.2 Å². The van der Waals surface area contributed by atoms with Crippen molar-refractivity contribution in [2.75, 3.05) is 34.3 Å². The fourth-order valence-electron chi connectivity index (χ4n) is 2.39. The van der Waals surface area contributed by atoms with Gasteiger partial charge in [-0.2, -0.15) is 0 Å². The summed E-state index contributed by atoms with van der Waals surface area (Å²) in [6, 6.07) is 2.42. The Morgan fingerprint density at radius 3 is 2.29 bits per heavy atom. The standard InChI is InChI=1S/C17H24F2N4O/c1-12-17(21-11-20-12)10-23(6-5-22(2)3)9-14-15(18)7-13(24-4)8-16(14)19/h7-8,11H,5-6,9-10H2,1-4H3,(H,20,21). The number of rotatable bonds is 8. The van der Waals surface area contributed by atoms with Crippen LogP contribution in [0, 0.1) is 18.6 Å². The van der Waals surface area contributed by atoms with Crippen LogP contribution in [0.15, 0.2) is 18.5 Å². The van der Waals surface area contributed by atoms with Crippen LogP contribution in [0.1, 0.15) is 17.0 Å². The van der Waals surface area contributed by atoms with E-state index >= 15 is 0 Å². The van der Waals surface area contributed by atoms with Crippen molar-refractivity contribution in [3.63, 3.8) is 0 Å². The summed E-state index contributed by atoms with van der Waals surface area (Å²) in [7, 11) is 5.32. The highest BCUT2D eigenvalue weighted by molar-refractivity contribution is 5.30. The molecule has 0 radical (unpaired) electrons. The van der Waals surface area contributed by atoms with Crippen molar-refractivity contribution in [1.29, 1.82) is 0 Å². The number of likely N-dealkylation sites (N-methyl/N-ethyl adjacent to an activating group) is 1. The summed E-state index contributed by atoms with van der Waals surface area (Å²) in [5.41, 5.74) is 1.88. The first kappa shape index (κ1) is 18.4. The zero-order valence-electron chi connectivity index (χ0n) is 14.6. The van der Waals surface area contributed by atoms with Crippen molar-refractivity contribution in [2.24, 2.45) is 0 Å². The van der Waals surface area contributed by atoms with Crippen LogP contribution in [0.4, 0.5) is 8.78 Å². The Labute approximate surface area is 141 Å². The molecule has 0 aliphatic rings. The van der Waals surface area contributed by atoms with Gasteiger partial charge in [-0.1, -0.05) is 0 Å². The maximum absolute atomic E-state index is 14.2. The number of nitrogens with one attached hydrogen (secondary N) is 1. The summed E-state index contributed by atoms with van der Waals surface area (Å²) in [6.07, 6.45) is 1.63. The minimum atomic E-state index is -0.597. The number of benzene rings is 1. The molecule has 0 amide bonds. The molecule has 0 bridgehead atoms. The normalized spacial score (nSPS) is 11.5. The summed E-state index contributed by atoms with van der Waals surface area (Å²) in [6.45, 7) is 4.07. The lowest BCUT2D eigenvalue weighted by Gasteiger charge is -2.24. The minimum Gasteiger partial charge on any atom is -0.497 e. The molecule has 0 spiro atoms. The molecule has 1 aromatic heterocycles. The molecule has 0 fully saturated rings. The first-order valence-corrected chi connectivity index (χ1v) is 7.78. The SMILES string of the molecule is COc1cc(F)c(CN(CCN(C)C)Cc2nc[nH]c2C)c(F)c1. The van der Waals surface area contributed by atoms with Gasteiger partial charge in [0.1, 0.15) is 17.4 Å². The lowest BCUT2D eigenvalue weighted by molar-refractivity contribution is 0.218. The fraction of sp³-hybridized carbons (Fsp3) is 0.471. The number of H-pyrrole nitrogens is 1. The second-order valence-corrected chi connectivity index (χ2v) is 6.06. The predicted molar refractivity (Wildman–Crippen MR) is 88.9 cm³/mol.